The maximum Gasteiger partial charge on any atom is 0.185 e. The van der Waals surface area contributed by atoms with Crippen LogP contribution in [-0.4, -0.2) is 49.2 Å². The van der Waals surface area contributed by atoms with E-state index in [1.54, 1.807) is 11.3 Å². The standard InChI is InChI=1S/C13H24N4S/c1-4-11(2)16-5-7-17(8-6-16)13-15-12(9-14-3)10-18-13/h10-11,14H,4-9H2,1-3H3. The summed E-state index contributed by atoms with van der Waals surface area (Å²) in [6.07, 6.45) is 1.24. The Morgan fingerprint density at radius 3 is 2.72 bits per heavy atom. The molecule has 5 heteroatoms. The summed E-state index contributed by atoms with van der Waals surface area (Å²) in [6.45, 7) is 9.99. The van der Waals surface area contributed by atoms with Crippen LogP contribution in [0.3, 0.4) is 0 Å². The zero-order chi connectivity index (χ0) is 13.0. The molecular weight excluding hydrogens is 244 g/mol. The first-order chi connectivity index (χ1) is 8.74. The molecule has 1 aromatic heterocycles. The number of nitrogens with zero attached hydrogens (tertiary/aromatic N) is 3. The Bertz CT molecular complexity index is 358. The van der Waals surface area contributed by atoms with E-state index in [1.807, 2.05) is 7.05 Å². The van der Waals surface area contributed by atoms with Crippen molar-refractivity contribution in [2.24, 2.45) is 0 Å². The lowest BCUT2D eigenvalue weighted by Gasteiger charge is -2.37. The van der Waals surface area contributed by atoms with Gasteiger partial charge in [0.2, 0.25) is 0 Å². The monoisotopic (exact) mass is 268 g/mol. The van der Waals surface area contributed by atoms with Gasteiger partial charge in [-0.1, -0.05) is 6.92 Å². The van der Waals surface area contributed by atoms with Crippen molar-refractivity contribution in [3.63, 3.8) is 0 Å². The second-order valence-electron chi connectivity index (χ2n) is 4.93. The summed E-state index contributed by atoms with van der Waals surface area (Å²) in [5, 5.41) is 6.49. The fourth-order valence-electron chi connectivity index (χ4n) is 2.32. The van der Waals surface area contributed by atoms with E-state index in [0.717, 1.165) is 38.4 Å². The van der Waals surface area contributed by atoms with E-state index in [-0.39, 0.29) is 0 Å². The second kappa shape index (κ2) is 6.50. The summed E-state index contributed by atoms with van der Waals surface area (Å²) in [7, 11) is 1.96. The van der Waals surface area contributed by atoms with Crippen molar-refractivity contribution in [1.29, 1.82) is 0 Å². The molecule has 1 unspecified atom stereocenters. The number of thiazole rings is 1. The zero-order valence-electron chi connectivity index (χ0n) is 11.6. The van der Waals surface area contributed by atoms with E-state index in [9.17, 15) is 0 Å². The quantitative estimate of drug-likeness (QED) is 0.882. The summed E-state index contributed by atoms with van der Waals surface area (Å²) in [6, 6.07) is 0.711. The van der Waals surface area contributed by atoms with Gasteiger partial charge in [0.1, 0.15) is 0 Å². The van der Waals surface area contributed by atoms with Gasteiger partial charge in [0.05, 0.1) is 5.69 Å². The Balaban J connectivity index is 1.88. The third kappa shape index (κ3) is 3.22. The third-order valence-corrected chi connectivity index (χ3v) is 4.65. The minimum atomic E-state index is 0.711. The fourth-order valence-corrected chi connectivity index (χ4v) is 3.20. The van der Waals surface area contributed by atoms with Crippen LogP contribution < -0.4 is 10.2 Å². The number of hydrogen-bond acceptors (Lipinski definition) is 5. The van der Waals surface area contributed by atoms with E-state index >= 15 is 0 Å². The van der Waals surface area contributed by atoms with Gasteiger partial charge in [0.25, 0.3) is 0 Å². The summed E-state index contributed by atoms with van der Waals surface area (Å²) < 4.78 is 0. The van der Waals surface area contributed by atoms with Gasteiger partial charge in [-0.2, -0.15) is 0 Å². The van der Waals surface area contributed by atoms with Crippen molar-refractivity contribution in [2.45, 2.75) is 32.9 Å². The molecular formula is C13H24N4S. The average molecular weight is 268 g/mol. The molecule has 2 rings (SSSR count). The Kier molecular flexibility index (Phi) is 4.97. The molecule has 1 atom stereocenters. The van der Waals surface area contributed by atoms with Crippen LogP contribution >= 0.6 is 11.3 Å². The Morgan fingerprint density at radius 2 is 2.11 bits per heavy atom. The van der Waals surface area contributed by atoms with E-state index < -0.39 is 0 Å². The molecule has 102 valence electrons. The highest BCUT2D eigenvalue weighted by Crippen LogP contribution is 2.22. The maximum absolute atomic E-state index is 4.68. The van der Waals surface area contributed by atoms with Crippen molar-refractivity contribution in [1.82, 2.24) is 15.2 Å². The van der Waals surface area contributed by atoms with Gasteiger partial charge in [-0.25, -0.2) is 4.98 Å². The normalized spacial score (nSPS) is 19.2. The Morgan fingerprint density at radius 1 is 1.39 bits per heavy atom. The summed E-state index contributed by atoms with van der Waals surface area (Å²) in [5.41, 5.74) is 1.15. The van der Waals surface area contributed by atoms with Crippen molar-refractivity contribution >= 4 is 16.5 Å². The number of anilines is 1. The minimum absolute atomic E-state index is 0.711. The molecule has 0 aromatic carbocycles. The largest absolute Gasteiger partial charge is 0.346 e. The van der Waals surface area contributed by atoms with Crippen molar-refractivity contribution < 1.29 is 0 Å². The molecule has 0 radical (unpaired) electrons. The molecule has 1 aromatic rings. The van der Waals surface area contributed by atoms with Gasteiger partial charge in [0.15, 0.2) is 5.13 Å². The molecule has 4 nitrogen and oxygen atoms in total. The number of piperazine rings is 1. The first kappa shape index (κ1) is 13.8. The Labute approximate surface area is 114 Å². The number of aromatic nitrogens is 1. The maximum atomic E-state index is 4.68. The van der Waals surface area contributed by atoms with Gasteiger partial charge >= 0.3 is 0 Å². The predicted molar refractivity (Wildman–Crippen MR) is 78.4 cm³/mol. The van der Waals surface area contributed by atoms with Gasteiger partial charge < -0.3 is 10.2 Å². The van der Waals surface area contributed by atoms with E-state index in [4.69, 9.17) is 0 Å². The number of rotatable bonds is 5. The molecule has 0 amide bonds. The fraction of sp³-hybridized carbons (Fsp3) is 0.769. The lowest BCUT2D eigenvalue weighted by molar-refractivity contribution is 0.193. The van der Waals surface area contributed by atoms with E-state index in [2.05, 4.69) is 39.3 Å². The van der Waals surface area contributed by atoms with Crippen LogP contribution in [0.25, 0.3) is 0 Å². The molecule has 1 saturated heterocycles. The van der Waals surface area contributed by atoms with Crippen molar-refractivity contribution in [3.8, 4) is 0 Å². The van der Waals surface area contributed by atoms with Crippen LogP contribution in [0.5, 0.6) is 0 Å². The SMILES string of the molecule is CCC(C)N1CCN(c2nc(CNC)cs2)CC1. The molecule has 0 spiro atoms. The van der Waals surface area contributed by atoms with Crippen LogP contribution in [-0.2, 0) is 6.54 Å². The molecule has 0 aliphatic carbocycles. The second-order valence-corrected chi connectivity index (χ2v) is 5.77. The highest BCUT2D eigenvalue weighted by Gasteiger charge is 2.21. The highest BCUT2D eigenvalue weighted by molar-refractivity contribution is 7.13. The van der Waals surface area contributed by atoms with E-state index in [0.29, 0.717) is 6.04 Å². The zero-order valence-corrected chi connectivity index (χ0v) is 12.5. The third-order valence-electron chi connectivity index (χ3n) is 3.70. The lowest BCUT2D eigenvalue weighted by atomic mass is 10.2. The summed E-state index contributed by atoms with van der Waals surface area (Å²) in [5.74, 6) is 0. The Hall–Kier alpha value is -0.650. The molecule has 18 heavy (non-hydrogen) atoms. The molecule has 1 aliphatic heterocycles. The first-order valence-corrected chi connectivity index (χ1v) is 7.70. The van der Waals surface area contributed by atoms with Crippen LogP contribution in [0.1, 0.15) is 26.0 Å². The van der Waals surface area contributed by atoms with Gasteiger partial charge in [-0.15, -0.1) is 11.3 Å². The minimum Gasteiger partial charge on any atom is -0.346 e. The number of nitrogens with one attached hydrogen (secondary N) is 1. The van der Waals surface area contributed by atoms with Crippen LogP contribution in [0.4, 0.5) is 5.13 Å². The first-order valence-electron chi connectivity index (χ1n) is 6.82. The molecule has 0 bridgehead atoms. The smallest absolute Gasteiger partial charge is 0.185 e. The molecule has 0 saturated carbocycles. The van der Waals surface area contributed by atoms with Crippen LogP contribution in [0, 0.1) is 0 Å². The summed E-state index contributed by atoms with van der Waals surface area (Å²) in [4.78, 5) is 9.68. The van der Waals surface area contributed by atoms with Gasteiger partial charge in [-0.3, -0.25) is 4.90 Å². The van der Waals surface area contributed by atoms with Crippen molar-refractivity contribution in [2.75, 3.05) is 38.1 Å². The van der Waals surface area contributed by atoms with Crippen LogP contribution in [0.2, 0.25) is 0 Å². The molecule has 1 fully saturated rings. The highest BCUT2D eigenvalue weighted by atomic mass is 32.1. The van der Waals surface area contributed by atoms with Crippen molar-refractivity contribution in [3.05, 3.63) is 11.1 Å². The lowest BCUT2D eigenvalue weighted by Crippen LogP contribution is -2.49. The predicted octanol–water partition coefficient (Wildman–Crippen LogP) is 1.78. The van der Waals surface area contributed by atoms with Gasteiger partial charge in [0, 0.05) is 44.1 Å². The average Bonchev–Trinajstić information content (AvgIpc) is 2.87. The topological polar surface area (TPSA) is 31.4 Å². The number of hydrogen-bond donors (Lipinski definition) is 1. The van der Waals surface area contributed by atoms with Crippen LogP contribution in [0.15, 0.2) is 5.38 Å². The summed E-state index contributed by atoms with van der Waals surface area (Å²) >= 11 is 1.77. The molecule has 1 aliphatic rings. The molecule has 2 heterocycles. The molecule has 1 N–H and O–H groups in total. The van der Waals surface area contributed by atoms with Gasteiger partial charge in [-0.05, 0) is 20.4 Å². The van der Waals surface area contributed by atoms with E-state index in [1.165, 1.54) is 11.6 Å².